The van der Waals surface area contributed by atoms with Gasteiger partial charge < -0.3 is 5.32 Å². The number of rotatable bonds is 10. The SMILES string of the molecule is CCCCC(CC)C(Cc1cncs1)NCCC. The highest BCUT2D eigenvalue weighted by atomic mass is 32.1. The van der Waals surface area contributed by atoms with Gasteiger partial charge in [0.25, 0.3) is 0 Å². The standard InChI is InChI=1S/C15H28N2S/c1-4-7-8-13(6-3)15(17-9-5-2)10-14-11-16-12-18-14/h11-13,15,17H,4-10H2,1-3H3. The second-order valence-corrected chi connectivity index (χ2v) is 6.01. The van der Waals surface area contributed by atoms with E-state index in [1.54, 1.807) is 11.3 Å². The predicted octanol–water partition coefficient (Wildman–Crippen LogP) is 4.27. The van der Waals surface area contributed by atoms with Crippen molar-refractivity contribution in [3.63, 3.8) is 0 Å². The van der Waals surface area contributed by atoms with Crippen LogP contribution in [0.4, 0.5) is 0 Å². The van der Waals surface area contributed by atoms with Crippen molar-refractivity contribution < 1.29 is 0 Å². The van der Waals surface area contributed by atoms with Crippen molar-refractivity contribution in [3.8, 4) is 0 Å². The van der Waals surface area contributed by atoms with Gasteiger partial charge in [-0.15, -0.1) is 11.3 Å². The average molecular weight is 268 g/mol. The molecule has 0 aliphatic carbocycles. The molecule has 0 aliphatic rings. The van der Waals surface area contributed by atoms with Crippen molar-refractivity contribution in [2.45, 2.75) is 65.3 Å². The van der Waals surface area contributed by atoms with E-state index in [1.165, 1.54) is 37.0 Å². The molecule has 2 atom stereocenters. The lowest BCUT2D eigenvalue weighted by Crippen LogP contribution is -2.38. The molecular formula is C15H28N2S. The summed E-state index contributed by atoms with van der Waals surface area (Å²) in [7, 11) is 0. The first-order valence-electron chi connectivity index (χ1n) is 7.42. The Morgan fingerprint density at radius 2 is 2.11 bits per heavy atom. The van der Waals surface area contributed by atoms with Crippen molar-refractivity contribution in [1.29, 1.82) is 0 Å². The largest absolute Gasteiger partial charge is 0.313 e. The molecule has 2 nitrogen and oxygen atoms in total. The number of nitrogens with zero attached hydrogens (tertiary/aromatic N) is 1. The van der Waals surface area contributed by atoms with Crippen molar-refractivity contribution in [2.75, 3.05) is 6.54 Å². The van der Waals surface area contributed by atoms with Gasteiger partial charge in [0.2, 0.25) is 0 Å². The van der Waals surface area contributed by atoms with Crippen LogP contribution in [0.15, 0.2) is 11.7 Å². The topological polar surface area (TPSA) is 24.9 Å². The van der Waals surface area contributed by atoms with Gasteiger partial charge in [-0.2, -0.15) is 0 Å². The van der Waals surface area contributed by atoms with Gasteiger partial charge in [-0.05, 0) is 31.7 Å². The molecule has 0 fully saturated rings. The van der Waals surface area contributed by atoms with Gasteiger partial charge in [-0.1, -0.05) is 40.0 Å². The zero-order chi connectivity index (χ0) is 13.2. The van der Waals surface area contributed by atoms with Crippen LogP contribution in [0.1, 0.15) is 57.8 Å². The Morgan fingerprint density at radius 3 is 2.67 bits per heavy atom. The molecule has 0 aliphatic heterocycles. The molecule has 0 amide bonds. The molecule has 0 radical (unpaired) electrons. The van der Waals surface area contributed by atoms with E-state index < -0.39 is 0 Å². The lowest BCUT2D eigenvalue weighted by Gasteiger charge is -2.27. The fourth-order valence-corrected chi connectivity index (χ4v) is 3.11. The van der Waals surface area contributed by atoms with Crippen LogP contribution < -0.4 is 5.32 Å². The van der Waals surface area contributed by atoms with E-state index in [1.807, 2.05) is 11.7 Å². The van der Waals surface area contributed by atoms with E-state index in [2.05, 4.69) is 31.1 Å². The highest BCUT2D eigenvalue weighted by Gasteiger charge is 2.19. The van der Waals surface area contributed by atoms with Crippen LogP contribution in [-0.4, -0.2) is 17.6 Å². The highest BCUT2D eigenvalue weighted by molar-refractivity contribution is 7.09. The van der Waals surface area contributed by atoms with Crippen molar-refractivity contribution >= 4 is 11.3 Å². The molecule has 0 saturated carbocycles. The number of unbranched alkanes of at least 4 members (excludes halogenated alkanes) is 1. The van der Waals surface area contributed by atoms with Gasteiger partial charge >= 0.3 is 0 Å². The van der Waals surface area contributed by atoms with Crippen molar-refractivity contribution in [1.82, 2.24) is 10.3 Å². The zero-order valence-corrected chi connectivity index (χ0v) is 12.9. The van der Waals surface area contributed by atoms with Gasteiger partial charge in [0, 0.05) is 17.1 Å². The number of aromatic nitrogens is 1. The van der Waals surface area contributed by atoms with E-state index in [-0.39, 0.29) is 0 Å². The molecule has 18 heavy (non-hydrogen) atoms. The van der Waals surface area contributed by atoms with E-state index in [4.69, 9.17) is 0 Å². The summed E-state index contributed by atoms with van der Waals surface area (Å²) >= 11 is 1.79. The second kappa shape index (κ2) is 9.51. The first-order valence-corrected chi connectivity index (χ1v) is 8.30. The van der Waals surface area contributed by atoms with Crippen LogP contribution >= 0.6 is 11.3 Å². The Hall–Kier alpha value is -0.410. The minimum absolute atomic E-state index is 0.627. The normalized spacial score (nSPS) is 14.6. The van der Waals surface area contributed by atoms with Crippen LogP contribution in [0.2, 0.25) is 0 Å². The van der Waals surface area contributed by atoms with E-state index in [0.29, 0.717) is 6.04 Å². The number of thiazole rings is 1. The van der Waals surface area contributed by atoms with Gasteiger partial charge in [-0.3, -0.25) is 4.98 Å². The van der Waals surface area contributed by atoms with Crippen LogP contribution in [0.25, 0.3) is 0 Å². The highest BCUT2D eigenvalue weighted by Crippen LogP contribution is 2.21. The van der Waals surface area contributed by atoms with Crippen LogP contribution in [0.3, 0.4) is 0 Å². The average Bonchev–Trinajstić information content (AvgIpc) is 2.89. The van der Waals surface area contributed by atoms with Gasteiger partial charge in [0.1, 0.15) is 0 Å². The lowest BCUT2D eigenvalue weighted by atomic mass is 9.89. The van der Waals surface area contributed by atoms with Crippen molar-refractivity contribution in [3.05, 3.63) is 16.6 Å². The molecule has 0 saturated heterocycles. The van der Waals surface area contributed by atoms with Gasteiger partial charge in [0.15, 0.2) is 0 Å². The first-order chi connectivity index (χ1) is 8.81. The summed E-state index contributed by atoms with van der Waals surface area (Å²) in [5, 5.41) is 3.75. The third-order valence-electron chi connectivity index (χ3n) is 3.58. The summed E-state index contributed by atoms with van der Waals surface area (Å²) in [6.07, 6.45) is 9.67. The minimum Gasteiger partial charge on any atom is -0.313 e. The number of nitrogens with one attached hydrogen (secondary N) is 1. The van der Waals surface area contributed by atoms with Crippen LogP contribution in [-0.2, 0) is 6.42 Å². The lowest BCUT2D eigenvalue weighted by molar-refractivity contribution is 0.316. The Kier molecular flexibility index (Phi) is 8.27. The van der Waals surface area contributed by atoms with Crippen LogP contribution in [0, 0.1) is 5.92 Å². The van der Waals surface area contributed by atoms with Crippen LogP contribution in [0.5, 0.6) is 0 Å². The predicted molar refractivity (Wildman–Crippen MR) is 81.2 cm³/mol. The molecular weight excluding hydrogens is 240 g/mol. The molecule has 1 rings (SSSR count). The molecule has 2 unspecified atom stereocenters. The summed E-state index contributed by atoms with van der Waals surface area (Å²) in [6, 6.07) is 0.627. The summed E-state index contributed by atoms with van der Waals surface area (Å²) in [5.41, 5.74) is 1.94. The molecule has 1 heterocycles. The quantitative estimate of drug-likeness (QED) is 0.685. The monoisotopic (exact) mass is 268 g/mol. The molecule has 0 aromatic carbocycles. The van der Waals surface area contributed by atoms with E-state index in [9.17, 15) is 0 Å². The maximum absolute atomic E-state index is 4.19. The Morgan fingerprint density at radius 1 is 1.28 bits per heavy atom. The maximum Gasteiger partial charge on any atom is 0.0794 e. The van der Waals surface area contributed by atoms with Crippen molar-refractivity contribution in [2.24, 2.45) is 5.92 Å². The van der Waals surface area contributed by atoms with E-state index >= 15 is 0 Å². The molecule has 0 bridgehead atoms. The Labute approximate surface area is 116 Å². The molecule has 3 heteroatoms. The third kappa shape index (κ3) is 5.49. The summed E-state index contributed by atoms with van der Waals surface area (Å²) in [5.74, 6) is 0.804. The fraction of sp³-hybridized carbons (Fsp3) is 0.800. The number of hydrogen-bond acceptors (Lipinski definition) is 3. The van der Waals surface area contributed by atoms with E-state index in [0.717, 1.165) is 18.9 Å². The summed E-state index contributed by atoms with van der Waals surface area (Å²) < 4.78 is 0. The van der Waals surface area contributed by atoms with Gasteiger partial charge in [0.05, 0.1) is 5.51 Å². The Balaban J connectivity index is 2.56. The second-order valence-electron chi connectivity index (χ2n) is 5.04. The Bertz CT molecular complexity index is 285. The third-order valence-corrected chi connectivity index (χ3v) is 4.38. The molecule has 1 aromatic rings. The summed E-state index contributed by atoms with van der Waals surface area (Å²) in [6.45, 7) is 7.98. The van der Waals surface area contributed by atoms with Gasteiger partial charge in [-0.25, -0.2) is 0 Å². The fourth-order valence-electron chi connectivity index (χ4n) is 2.45. The number of hydrogen-bond donors (Lipinski definition) is 1. The molecule has 104 valence electrons. The maximum atomic E-state index is 4.19. The molecule has 1 aromatic heterocycles. The first kappa shape index (κ1) is 15.6. The zero-order valence-electron chi connectivity index (χ0n) is 12.1. The smallest absolute Gasteiger partial charge is 0.0794 e. The molecule has 0 spiro atoms. The molecule has 1 N–H and O–H groups in total. The summed E-state index contributed by atoms with van der Waals surface area (Å²) in [4.78, 5) is 5.61. The minimum atomic E-state index is 0.627.